The third kappa shape index (κ3) is 4.31. The number of nitrogens with one attached hydrogen (secondary N) is 1. The standard InChI is InChI=1S/C13H22N2O4S/c16-11-12(9-13-5-4-8-19-13)10-14-20(17,18)15-6-2-1-3-7-15/h4-5,8,12,14,16H,1-3,6-7,9-11H2. The van der Waals surface area contributed by atoms with Gasteiger partial charge in [-0.2, -0.15) is 12.7 Å². The van der Waals surface area contributed by atoms with Crippen LogP contribution in [-0.2, 0) is 16.6 Å². The van der Waals surface area contributed by atoms with Gasteiger partial charge in [-0.25, -0.2) is 4.72 Å². The second-order valence-corrected chi connectivity index (χ2v) is 6.90. The number of hydrogen-bond acceptors (Lipinski definition) is 4. The molecule has 1 unspecified atom stereocenters. The molecular formula is C13H22N2O4S. The number of hydrogen-bond donors (Lipinski definition) is 2. The summed E-state index contributed by atoms with van der Waals surface area (Å²) in [6, 6.07) is 3.60. The van der Waals surface area contributed by atoms with Crippen LogP contribution in [0.15, 0.2) is 22.8 Å². The van der Waals surface area contributed by atoms with Gasteiger partial charge >= 0.3 is 0 Å². The predicted octanol–water partition coefficient (Wildman–Crippen LogP) is 0.751. The molecule has 1 saturated heterocycles. The molecule has 1 aliphatic heterocycles. The molecule has 0 saturated carbocycles. The lowest BCUT2D eigenvalue weighted by Gasteiger charge is -2.26. The van der Waals surface area contributed by atoms with Crippen LogP contribution in [-0.4, -0.2) is 44.1 Å². The van der Waals surface area contributed by atoms with Crippen molar-refractivity contribution < 1.29 is 17.9 Å². The topological polar surface area (TPSA) is 82.8 Å². The Hall–Kier alpha value is -0.890. The van der Waals surface area contributed by atoms with Gasteiger partial charge in [0.2, 0.25) is 0 Å². The maximum atomic E-state index is 12.1. The van der Waals surface area contributed by atoms with Gasteiger partial charge in [0, 0.05) is 38.6 Å². The lowest BCUT2D eigenvalue weighted by Crippen LogP contribution is -2.45. The molecule has 7 heteroatoms. The first-order valence-corrected chi connectivity index (χ1v) is 8.44. The first kappa shape index (κ1) is 15.5. The summed E-state index contributed by atoms with van der Waals surface area (Å²) in [5.74, 6) is 0.571. The third-order valence-electron chi connectivity index (χ3n) is 3.54. The Labute approximate surface area is 120 Å². The second kappa shape index (κ2) is 7.21. The van der Waals surface area contributed by atoms with Crippen LogP contribution in [0.2, 0.25) is 0 Å². The zero-order valence-electron chi connectivity index (χ0n) is 11.5. The van der Waals surface area contributed by atoms with E-state index in [-0.39, 0.29) is 19.1 Å². The molecule has 6 nitrogen and oxygen atoms in total. The molecule has 1 aliphatic rings. The van der Waals surface area contributed by atoms with Crippen LogP contribution in [0.4, 0.5) is 0 Å². The Bertz CT molecular complexity index is 480. The van der Waals surface area contributed by atoms with Crippen molar-refractivity contribution in [3.8, 4) is 0 Å². The van der Waals surface area contributed by atoms with Crippen molar-refractivity contribution >= 4 is 10.2 Å². The Morgan fingerprint density at radius 3 is 2.70 bits per heavy atom. The Kier molecular flexibility index (Phi) is 5.59. The largest absolute Gasteiger partial charge is 0.469 e. The van der Waals surface area contributed by atoms with Crippen LogP contribution in [0, 0.1) is 5.92 Å². The monoisotopic (exact) mass is 302 g/mol. The van der Waals surface area contributed by atoms with Crippen LogP contribution in [0.3, 0.4) is 0 Å². The molecule has 0 spiro atoms. The minimum Gasteiger partial charge on any atom is -0.469 e. The number of piperidine rings is 1. The first-order chi connectivity index (χ1) is 9.62. The number of rotatable bonds is 7. The van der Waals surface area contributed by atoms with E-state index in [1.807, 2.05) is 6.07 Å². The van der Waals surface area contributed by atoms with E-state index in [2.05, 4.69) is 4.72 Å². The molecule has 1 atom stereocenters. The van der Waals surface area contributed by atoms with Gasteiger partial charge in [0.05, 0.1) is 6.26 Å². The minimum absolute atomic E-state index is 0.0801. The fourth-order valence-electron chi connectivity index (χ4n) is 2.33. The Morgan fingerprint density at radius 1 is 1.35 bits per heavy atom. The average molecular weight is 302 g/mol. The quantitative estimate of drug-likeness (QED) is 0.778. The van der Waals surface area contributed by atoms with Gasteiger partial charge in [0.1, 0.15) is 5.76 Å². The zero-order valence-corrected chi connectivity index (χ0v) is 12.3. The molecule has 0 bridgehead atoms. The highest BCUT2D eigenvalue weighted by atomic mass is 32.2. The first-order valence-electron chi connectivity index (χ1n) is 7.00. The summed E-state index contributed by atoms with van der Waals surface area (Å²) in [5, 5.41) is 9.34. The summed E-state index contributed by atoms with van der Waals surface area (Å²) in [7, 11) is -3.43. The van der Waals surface area contributed by atoms with Crippen LogP contribution in [0.5, 0.6) is 0 Å². The molecule has 1 aromatic rings. The fourth-order valence-corrected chi connectivity index (χ4v) is 3.70. The summed E-state index contributed by atoms with van der Waals surface area (Å²) in [6.45, 7) is 1.30. The molecule has 114 valence electrons. The third-order valence-corrected chi connectivity index (χ3v) is 5.11. The van der Waals surface area contributed by atoms with Gasteiger partial charge < -0.3 is 9.52 Å². The molecule has 0 aliphatic carbocycles. The van der Waals surface area contributed by atoms with Crippen LogP contribution in [0.25, 0.3) is 0 Å². The van der Waals surface area contributed by atoms with Crippen LogP contribution >= 0.6 is 0 Å². The highest BCUT2D eigenvalue weighted by molar-refractivity contribution is 7.87. The molecule has 1 fully saturated rings. The van der Waals surface area contributed by atoms with Crippen molar-refractivity contribution in [2.45, 2.75) is 25.7 Å². The molecule has 0 aromatic carbocycles. The summed E-state index contributed by atoms with van der Waals surface area (Å²) in [5.41, 5.74) is 0. The van der Waals surface area contributed by atoms with Crippen molar-refractivity contribution in [3.05, 3.63) is 24.2 Å². The van der Waals surface area contributed by atoms with Gasteiger partial charge in [0.25, 0.3) is 10.2 Å². The van der Waals surface area contributed by atoms with E-state index >= 15 is 0 Å². The Balaban J connectivity index is 1.85. The summed E-state index contributed by atoms with van der Waals surface area (Å²) >= 11 is 0. The van der Waals surface area contributed by atoms with Gasteiger partial charge in [0.15, 0.2) is 0 Å². The number of aliphatic hydroxyl groups excluding tert-OH is 1. The zero-order chi connectivity index (χ0) is 14.4. The van der Waals surface area contributed by atoms with E-state index in [0.717, 1.165) is 25.0 Å². The van der Waals surface area contributed by atoms with Gasteiger partial charge in [-0.3, -0.25) is 0 Å². The molecule has 2 rings (SSSR count). The van der Waals surface area contributed by atoms with E-state index in [1.165, 1.54) is 4.31 Å². The summed E-state index contributed by atoms with van der Waals surface area (Å²) in [4.78, 5) is 0. The molecule has 0 radical (unpaired) electrons. The highest BCUT2D eigenvalue weighted by Crippen LogP contribution is 2.13. The lowest BCUT2D eigenvalue weighted by atomic mass is 10.1. The van der Waals surface area contributed by atoms with E-state index in [4.69, 9.17) is 4.42 Å². The number of furan rings is 1. The van der Waals surface area contributed by atoms with E-state index in [1.54, 1.807) is 12.3 Å². The fraction of sp³-hybridized carbons (Fsp3) is 0.692. The van der Waals surface area contributed by atoms with E-state index in [0.29, 0.717) is 19.5 Å². The molecule has 20 heavy (non-hydrogen) atoms. The average Bonchev–Trinajstić information content (AvgIpc) is 2.97. The molecule has 2 heterocycles. The SMILES string of the molecule is O=S(=O)(NCC(CO)Cc1ccco1)N1CCCCC1. The molecule has 0 amide bonds. The smallest absolute Gasteiger partial charge is 0.279 e. The lowest BCUT2D eigenvalue weighted by molar-refractivity contribution is 0.220. The number of aliphatic hydroxyl groups is 1. The maximum Gasteiger partial charge on any atom is 0.279 e. The summed E-state index contributed by atoms with van der Waals surface area (Å²) < 4.78 is 33.5. The van der Waals surface area contributed by atoms with Crippen molar-refractivity contribution in [2.24, 2.45) is 5.92 Å². The van der Waals surface area contributed by atoms with Crippen molar-refractivity contribution in [2.75, 3.05) is 26.2 Å². The van der Waals surface area contributed by atoms with Gasteiger partial charge in [-0.15, -0.1) is 0 Å². The van der Waals surface area contributed by atoms with E-state index < -0.39 is 10.2 Å². The van der Waals surface area contributed by atoms with Crippen molar-refractivity contribution in [1.29, 1.82) is 0 Å². The van der Waals surface area contributed by atoms with Crippen LogP contribution < -0.4 is 4.72 Å². The molecular weight excluding hydrogens is 280 g/mol. The van der Waals surface area contributed by atoms with Gasteiger partial charge in [-0.1, -0.05) is 6.42 Å². The van der Waals surface area contributed by atoms with Crippen LogP contribution in [0.1, 0.15) is 25.0 Å². The van der Waals surface area contributed by atoms with Crippen molar-refractivity contribution in [1.82, 2.24) is 9.03 Å². The second-order valence-electron chi connectivity index (χ2n) is 5.15. The van der Waals surface area contributed by atoms with Gasteiger partial charge in [-0.05, 0) is 25.0 Å². The predicted molar refractivity (Wildman–Crippen MR) is 75.3 cm³/mol. The molecule has 2 N–H and O–H groups in total. The Morgan fingerprint density at radius 2 is 2.10 bits per heavy atom. The summed E-state index contributed by atoms with van der Waals surface area (Å²) in [6.07, 6.45) is 5.00. The molecule has 1 aromatic heterocycles. The minimum atomic E-state index is -3.43. The highest BCUT2D eigenvalue weighted by Gasteiger charge is 2.24. The van der Waals surface area contributed by atoms with E-state index in [9.17, 15) is 13.5 Å². The normalized spacial score (nSPS) is 19.1. The maximum absolute atomic E-state index is 12.1. The number of nitrogens with zero attached hydrogens (tertiary/aromatic N) is 1. The van der Waals surface area contributed by atoms with Crippen molar-refractivity contribution in [3.63, 3.8) is 0 Å².